The fraction of sp³-hybridized carbons (Fsp3) is 0.938. The predicted octanol–water partition coefficient (Wildman–Crippen LogP) is 1.76. The summed E-state index contributed by atoms with van der Waals surface area (Å²) in [6, 6.07) is 0.353. The average molecular weight is 281 g/mol. The van der Waals surface area contributed by atoms with Gasteiger partial charge in [-0.25, -0.2) is 0 Å². The Labute approximate surface area is 123 Å². The fourth-order valence-corrected chi connectivity index (χ4v) is 3.84. The second-order valence-corrected chi connectivity index (χ2v) is 7.09. The minimum atomic E-state index is 0.205. The number of carbonyl (C=O) groups is 1. The maximum Gasteiger partial charge on any atom is 0.221 e. The van der Waals surface area contributed by atoms with Crippen LogP contribution >= 0.6 is 0 Å². The highest BCUT2D eigenvalue weighted by atomic mass is 16.1. The van der Waals surface area contributed by atoms with E-state index in [9.17, 15) is 4.79 Å². The zero-order chi connectivity index (χ0) is 14.6. The summed E-state index contributed by atoms with van der Waals surface area (Å²) in [6.07, 6.45) is 8.07. The molecule has 1 aliphatic carbocycles. The van der Waals surface area contributed by atoms with Crippen LogP contribution in [-0.4, -0.2) is 49.6 Å². The summed E-state index contributed by atoms with van der Waals surface area (Å²) in [5.41, 5.74) is 0.278. The molecule has 1 saturated carbocycles. The highest BCUT2D eigenvalue weighted by Crippen LogP contribution is 2.35. The molecule has 3 unspecified atom stereocenters. The van der Waals surface area contributed by atoms with Gasteiger partial charge >= 0.3 is 0 Å². The van der Waals surface area contributed by atoms with E-state index in [4.69, 9.17) is 0 Å². The van der Waals surface area contributed by atoms with Crippen LogP contribution in [0.1, 0.15) is 51.9 Å². The van der Waals surface area contributed by atoms with Gasteiger partial charge in [0, 0.05) is 31.1 Å². The van der Waals surface area contributed by atoms with Gasteiger partial charge in [-0.3, -0.25) is 4.79 Å². The van der Waals surface area contributed by atoms with Crippen molar-refractivity contribution >= 4 is 5.91 Å². The first-order valence-corrected chi connectivity index (χ1v) is 8.19. The Hall–Kier alpha value is -0.610. The van der Waals surface area contributed by atoms with Crippen molar-refractivity contribution in [3.8, 4) is 0 Å². The molecule has 116 valence electrons. The number of amides is 1. The van der Waals surface area contributed by atoms with Gasteiger partial charge < -0.3 is 15.5 Å². The molecule has 20 heavy (non-hydrogen) atoms. The molecule has 0 aromatic carbocycles. The first-order valence-electron chi connectivity index (χ1n) is 8.19. The van der Waals surface area contributed by atoms with Crippen molar-refractivity contribution in [1.29, 1.82) is 0 Å². The summed E-state index contributed by atoms with van der Waals surface area (Å²) in [7, 11) is 4.42. The van der Waals surface area contributed by atoms with Crippen molar-refractivity contribution in [3.05, 3.63) is 0 Å². The van der Waals surface area contributed by atoms with E-state index < -0.39 is 0 Å². The van der Waals surface area contributed by atoms with Crippen molar-refractivity contribution in [1.82, 2.24) is 15.5 Å². The average Bonchev–Trinajstić information content (AvgIpc) is 2.61. The maximum atomic E-state index is 11.6. The number of hydrogen-bond donors (Lipinski definition) is 2. The summed E-state index contributed by atoms with van der Waals surface area (Å²) in [4.78, 5) is 14.1. The van der Waals surface area contributed by atoms with E-state index in [-0.39, 0.29) is 11.4 Å². The Morgan fingerprint density at radius 3 is 2.85 bits per heavy atom. The zero-order valence-electron chi connectivity index (χ0n) is 13.4. The Balaban J connectivity index is 1.93. The number of hydrogen-bond acceptors (Lipinski definition) is 3. The third-order valence-electron chi connectivity index (χ3n) is 5.22. The molecule has 2 N–H and O–H groups in total. The molecule has 0 aromatic heterocycles. The normalized spacial score (nSPS) is 35.7. The van der Waals surface area contributed by atoms with Gasteiger partial charge in [-0.05, 0) is 45.7 Å². The van der Waals surface area contributed by atoms with Crippen LogP contribution in [0.4, 0.5) is 0 Å². The number of likely N-dealkylation sites (N-methyl/N-ethyl adjacent to an activating group) is 1. The third-order valence-corrected chi connectivity index (χ3v) is 5.22. The molecule has 1 aliphatic heterocycles. The van der Waals surface area contributed by atoms with E-state index in [1.807, 2.05) is 0 Å². The van der Waals surface area contributed by atoms with Crippen LogP contribution in [-0.2, 0) is 4.79 Å². The number of rotatable bonds is 4. The number of nitrogens with zero attached hydrogens (tertiary/aromatic N) is 1. The monoisotopic (exact) mass is 281 g/mol. The predicted molar refractivity (Wildman–Crippen MR) is 82.7 cm³/mol. The first kappa shape index (κ1) is 15.8. The Kier molecular flexibility index (Phi) is 5.44. The summed E-state index contributed by atoms with van der Waals surface area (Å²) in [6.45, 7) is 4.23. The van der Waals surface area contributed by atoms with E-state index in [1.165, 1.54) is 25.7 Å². The van der Waals surface area contributed by atoms with Gasteiger partial charge in [0.2, 0.25) is 5.91 Å². The molecule has 1 saturated heterocycles. The van der Waals surface area contributed by atoms with Crippen molar-refractivity contribution in [2.75, 3.05) is 27.2 Å². The van der Waals surface area contributed by atoms with Crippen molar-refractivity contribution in [3.63, 3.8) is 0 Å². The van der Waals surface area contributed by atoms with Crippen LogP contribution in [0, 0.1) is 5.92 Å². The zero-order valence-corrected chi connectivity index (χ0v) is 13.4. The van der Waals surface area contributed by atoms with Gasteiger partial charge in [0.1, 0.15) is 0 Å². The van der Waals surface area contributed by atoms with Gasteiger partial charge in [0.25, 0.3) is 0 Å². The smallest absolute Gasteiger partial charge is 0.221 e. The Morgan fingerprint density at radius 2 is 2.15 bits per heavy atom. The third kappa shape index (κ3) is 3.95. The molecule has 1 amide bonds. The molecule has 3 atom stereocenters. The number of carbonyl (C=O) groups excluding carboxylic acids is 1. The molecule has 0 radical (unpaired) electrons. The quantitative estimate of drug-likeness (QED) is 0.825. The lowest BCUT2D eigenvalue weighted by atomic mass is 9.75. The van der Waals surface area contributed by atoms with E-state index in [2.05, 4.69) is 36.6 Å². The lowest BCUT2D eigenvalue weighted by Crippen LogP contribution is -2.55. The molecule has 0 bridgehead atoms. The van der Waals surface area contributed by atoms with E-state index in [1.54, 1.807) is 0 Å². The lowest BCUT2D eigenvalue weighted by molar-refractivity contribution is -0.121. The van der Waals surface area contributed by atoms with Crippen molar-refractivity contribution in [2.24, 2.45) is 5.92 Å². The van der Waals surface area contributed by atoms with E-state index in [0.29, 0.717) is 12.5 Å². The van der Waals surface area contributed by atoms with Crippen LogP contribution in [0.2, 0.25) is 0 Å². The largest absolute Gasteiger partial charge is 0.356 e. The van der Waals surface area contributed by atoms with E-state index >= 15 is 0 Å². The summed E-state index contributed by atoms with van der Waals surface area (Å²) >= 11 is 0. The summed E-state index contributed by atoms with van der Waals surface area (Å²) in [5, 5.41) is 6.66. The molecule has 2 aliphatic rings. The molecular weight excluding hydrogens is 250 g/mol. The van der Waals surface area contributed by atoms with Crippen LogP contribution in [0.15, 0.2) is 0 Å². The summed E-state index contributed by atoms with van der Waals surface area (Å²) in [5.74, 6) is 1.02. The maximum absolute atomic E-state index is 11.6. The molecule has 4 nitrogen and oxygen atoms in total. The Bertz CT molecular complexity index is 332. The van der Waals surface area contributed by atoms with Crippen LogP contribution < -0.4 is 10.6 Å². The van der Waals surface area contributed by atoms with E-state index in [0.717, 1.165) is 31.8 Å². The number of nitrogens with one attached hydrogen (secondary N) is 2. The second kappa shape index (κ2) is 6.90. The van der Waals surface area contributed by atoms with Gasteiger partial charge in [-0.1, -0.05) is 19.8 Å². The van der Waals surface area contributed by atoms with Crippen LogP contribution in [0.25, 0.3) is 0 Å². The fourth-order valence-electron chi connectivity index (χ4n) is 3.84. The molecule has 2 fully saturated rings. The van der Waals surface area contributed by atoms with Crippen molar-refractivity contribution in [2.45, 2.75) is 63.5 Å². The molecule has 1 heterocycles. The van der Waals surface area contributed by atoms with Gasteiger partial charge in [0.15, 0.2) is 0 Å². The van der Waals surface area contributed by atoms with Gasteiger partial charge in [-0.2, -0.15) is 0 Å². The molecule has 4 heteroatoms. The molecule has 0 spiro atoms. The second-order valence-electron chi connectivity index (χ2n) is 7.09. The Morgan fingerprint density at radius 1 is 1.35 bits per heavy atom. The lowest BCUT2D eigenvalue weighted by Gasteiger charge is -2.46. The molecular formula is C16H31N3O. The highest BCUT2D eigenvalue weighted by molar-refractivity contribution is 5.76. The minimum Gasteiger partial charge on any atom is -0.356 e. The van der Waals surface area contributed by atoms with Gasteiger partial charge in [-0.15, -0.1) is 0 Å². The first-order chi connectivity index (χ1) is 9.52. The molecule has 0 aromatic rings. The summed E-state index contributed by atoms with van der Waals surface area (Å²) < 4.78 is 0. The topological polar surface area (TPSA) is 44.4 Å². The minimum absolute atomic E-state index is 0.205. The highest BCUT2D eigenvalue weighted by Gasteiger charge is 2.37. The van der Waals surface area contributed by atoms with Crippen LogP contribution in [0.5, 0.6) is 0 Å². The van der Waals surface area contributed by atoms with Gasteiger partial charge in [0.05, 0.1) is 0 Å². The van der Waals surface area contributed by atoms with Crippen molar-refractivity contribution < 1.29 is 4.79 Å². The standard InChI is InChI=1S/C16H31N3O/c1-13-6-4-8-16(11-13,19(2)3)12-18-14-7-5-9-17-15(20)10-14/h13-14,18H,4-12H2,1-3H3,(H,17,20). The van der Waals surface area contributed by atoms with Crippen LogP contribution in [0.3, 0.4) is 0 Å². The molecule has 2 rings (SSSR count). The SMILES string of the molecule is CC1CCCC(CNC2CCCNC(=O)C2)(N(C)C)C1.